The molecule has 2 amide bonds. The number of hydrogen-bond acceptors (Lipinski definition) is 4. The van der Waals surface area contributed by atoms with E-state index in [1.165, 1.54) is 6.92 Å². The molecule has 150 valence electrons. The Morgan fingerprint density at radius 3 is 2.39 bits per heavy atom. The van der Waals surface area contributed by atoms with Crippen LogP contribution in [-0.2, 0) is 16.0 Å². The number of ether oxygens (including phenoxy) is 2. The third-order valence-corrected chi connectivity index (χ3v) is 4.53. The van der Waals surface area contributed by atoms with Crippen LogP contribution in [0.1, 0.15) is 24.5 Å². The average molecular weight is 384 g/mol. The minimum atomic E-state index is -0.160. The number of rotatable bonds is 9. The molecular formula is C22H28N2O4. The number of anilines is 1. The molecule has 0 aliphatic heterocycles. The molecule has 2 rings (SSSR count). The molecule has 2 aromatic carbocycles. The van der Waals surface area contributed by atoms with E-state index in [4.69, 9.17) is 9.47 Å². The molecular weight excluding hydrogens is 356 g/mol. The number of nitrogens with zero attached hydrogens (tertiary/aromatic N) is 1. The normalized spacial score (nSPS) is 10.3. The Labute approximate surface area is 166 Å². The number of carbonyl (C=O) groups excluding carboxylic acids is 2. The van der Waals surface area contributed by atoms with Crippen LogP contribution in [0.4, 0.5) is 5.69 Å². The van der Waals surface area contributed by atoms with E-state index in [1.807, 2.05) is 49.4 Å². The summed E-state index contributed by atoms with van der Waals surface area (Å²) in [5.74, 6) is 1.19. The number of carbonyl (C=O) groups is 2. The smallest absolute Gasteiger partial charge is 0.226 e. The number of hydrogen-bond donors (Lipinski definition) is 1. The van der Waals surface area contributed by atoms with Gasteiger partial charge in [-0.3, -0.25) is 9.59 Å². The molecule has 6 heteroatoms. The van der Waals surface area contributed by atoms with E-state index in [9.17, 15) is 9.59 Å². The molecule has 0 radical (unpaired) electrons. The van der Waals surface area contributed by atoms with E-state index in [0.717, 1.165) is 16.9 Å². The van der Waals surface area contributed by atoms with E-state index in [2.05, 4.69) is 5.32 Å². The lowest BCUT2D eigenvalue weighted by Gasteiger charge is -2.21. The Morgan fingerprint density at radius 2 is 1.71 bits per heavy atom. The van der Waals surface area contributed by atoms with Crippen LogP contribution in [0.2, 0.25) is 0 Å². The van der Waals surface area contributed by atoms with Gasteiger partial charge in [0, 0.05) is 26.4 Å². The fourth-order valence-electron chi connectivity index (χ4n) is 2.96. The van der Waals surface area contributed by atoms with Crippen molar-refractivity contribution in [3.05, 3.63) is 53.6 Å². The van der Waals surface area contributed by atoms with E-state index in [0.29, 0.717) is 30.9 Å². The van der Waals surface area contributed by atoms with E-state index < -0.39 is 0 Å². The lowest BCUT2D eigenvalue weighted by atomic mass is 10.1. The molecule has 6 nitrogen and oxygen atoms in total. The maximum atomic E-state index is 12.4. The number of para-hydroxylation sites is 1. The minimum Gasteiger partial charge on any atom is -0.496 e. The topological polar surface area (TPSA) is 67.9 Å². The number of nitrogens with one attached hydrogen (secondary N) is 1. The van der Waals surface area contributed by atoms with Crippen LogP contribution in [0.5, 0.6) is 11.5 Å². The first-order chi connectivity index (χ1) is 13.4. The van der Waals surface area contributed by atoms with Crippen molar-refractivity contribution < 1.29 is 19.1 Å². The van der Waals surface area contributed by atoms with Crippen LogP contribution in [0.25, 0.3) is 0 Å². The van der Waals surface area contributed by atoms with Crippen LogP contribution in [0, 0.1) is 6.92 Å². The highest BCUT2D eigenvalue weighted by atomic mass is 16.5. The lowest BCUT2D eigenvalue weighted by molar-refractivity contribution is -0.129. The quantitative estimate of drug-likeness (QED) is 0.719. The summed E-state index contributed by atoms with van der Waals surface area (Å²) in [6.45, 7) is 4.34. The standard InChI is InChI=1S/C22H28N2O4/c1-16-9-10-21(28-4)19(15-16)23-22(26)12-14-24(17(2)25)13-11-18-7-5-6-8-20(18)27-3/h5-10,15H,11-14H2,1-4H3,(H,23,26). The maximum absolute atomic E-state index is 12.4. The second kappa shape index (κ2) is 10.3. The zero-order chi connectivity index (χ0) is 20.5. The van der Waals surface area contributed by atoms with Crippen LogP contribution in [0.3, 0.4) is 0 Å². The lowest BCUT2D eigenvalue weighted by Crippen LogP contribution is -2.33. The zero-order valence-electron chi connectivity index (χ0n) is 17.0. The van der Waals surface area contributed by atoms with Crippen LogP contribution in [-0.4, -0.2) is 44.0 Å². The van der Waals surface area contributed by atoms with Gasteiger partial charge in [-0.1, -0.05) is 24.3 Å². The SMILES string of the molecule is COc1ccccc1CCN(CCC(=O)Nc1cc(C)ccc1OC)C(C)=O. The molecule has 0 aliphatic rings. The van der Waals surface area contributed by atoms with Gasteiger partial charge in [-0.15, -0.1) is 0 Å². The summed E-state index contributed by atoms with van der Waals surface area (Å²) in [6.07, 6.45) is 0.875. The van der Waals surface area contributed by atoms with Crippen molar-refractivity contribution in [2.45, 2.75) is 26.7 Å². The first-order valence-corrected chi connectivity index (χ1v) is 9.26. The van der Waals surface area contributed by atoms with E-state index in [1.54, 1.807) is 19.1 Å². The Morgan fingerprint density at radius 1 is 1.00 bits per heavy atom. The predicted molar refractivity (Wildman–Crippen MR) is 110 cm³/mol. The monoisotopic (exact) mass is 384 g/mol. The molecule has 0 aliphatic carbocycles. The van der Waals surface area contributed by atoms with Gasteiger partial charge < -0.3 is 19.7 Å². The summed E-state index contributed by atoms with van der Waals surface area (Å²) in [7, 11) is 3.20. The number of amides is 2. The fraction of sp³-hybridized carbons (Fsp3) is 0.364. The van der Waals surface area contributed by atoms with Crippen molar-refractivity contribution in [3.63, 3.8) is 0 Å². The molecule has 0 aromatic heterocycles. The average Bonchev–Trinajstić information content (AvgIpc) is 2.68. The molecule has 0 fully saturated rings. The van der Waals surface area contributed by atoms with Crippen molar-refractivity contribution in [1.82, 2.24) is 4.90 Å². The third-order valence-electron chi connectivity index (χ3n) is 4.53. The first kappa shape index (κ1) is 21.3. The summed E-state index contributed by atoms with van der Waals surface area (Å²) >= 11 is 0. The molecule has 0 atom stereocenters. The van der Waals surface area contributed by atoms with Crippen LogP contribution < -0.4 is 14.8 Å². The predicted octanol–water partition coefficient (Wildman–Crippen LogP) is 3.43. The second-order valence-corrected chi connectivity index (χ2v) is 6.57. The number of methoxy groups -OCH3 is 2. The van der Waals surface area contributed by atoms with Gasteiger partial charge in [-0.25, -0.2) is 0 Å². The van der Waals surface area contributed by atoms with Crippen molar-refractivity contribution >= 4 is 17.5 Å². The summed E-state index contributed by atoms with van der Waals surface area (Å²) in [5, 5.41) is 2.87. The molecule has 0 heterocycles. The van der Waals surface area contributed by atoms with Gasteiger partial charge in [0.1, 0.15) is 11.5 Å². The van der Waals surface area contributed by atoms with E-state index >= 15 is 0 Å². The summed E-state index contributed by atoms with van der Waals surface area (Å²) < 4.78 is 10.6. The van der Waals surface area contributed by atoms with Gasteiger partial charge in [0.15, 0.2) is 0 Å². The number of aryl methyl sites for hydroxylation is 1. The second-order valence-electron chi connectivity index (χ2n) is 6.57. The summed E-state index contributed by atoms with van der Waals surface area (Å²) in [6, 6.07) is 13.3. The van der Waals surface area contributed by atoms with E-state index in [-0.39, 0.29) is 18.2 Å². The molecule has 28 heavy (non-hydrogen) atoms. The molecule has 0 spiro atoms. The van der Waals surface area contributed by atoms with Crippen LogP contribution >= 0.6 is 0 Å². The Bertz CT molecular complexity index is 820. The summed E-state index contributed by atoms with van der Waals surface area (Å²) in [4.78, 5) is 26.0. The Balaban J connectivity index is 1.93. The first-order valence-electron chi connectivity index (χ1n) is 9.26. The zero-order valence-corrected chi connectivity index (χ0v) is 17.0. The highest BCUT2D eigenvalue weighted by Crippen LogP contribution is 2.25. The van der Waals surface area contributed by atoms with Gasteiger partial charge >= 0.3 is 0 Å². The highest BCUT2D eigenvalue weighted by molar-refractivity contribution is 5.92. The molecule has 0 saturated carbocycles. The Hall–Kier alpha value is -3.02. The van der Waals surface area contributed by atoms with Gasteiger partial charge in [-0.05, 0) is 42.7 Å². The van der Waals surface area contributed by atoms with Crippen LogP contribution in [0.15, 0.2) is 42.5 Å². The molecule has 2 aromatic rings. The highest BCUT2D eigenvalue weighted by Gasteiger charge is 2.14. The minimum absolute atomic E-state index is 0.0594. The number of benzene rings is 2. The fourth-order valence-corrected chi connectivity index (χ4v) is 2.96. The van der Waals surface area contributed by atoms with Crippen molar-refractivity contribution in [3.8, 4) is 11.5 Å². The maximum Gasteiger partial charge on any atom is 0.226 e. The molecule has 0 saturated heterocycles. The van der Waals surface area contributed by atoms with Crippen molar-refractivity contribution in [1.29, 1.82) is 0 Å². The van der Waals surface area contributed by atoms with Crippen molar-refractivity contribution in [2.75, 3.05) is 32.6 Å². The molecule has 0 unspecified atom stereocenters. The van der Waals surface area contributed by atoms with Gasteiger partial charge in [0.2, 0.25) is 11.8 Å². The summed E-state index contributed by atoms with van der Waals surface area (Å²) in [5.41, 5.74) is 2.69. The molecule has 1 N–H and O–H groups in total. The van der Waals surface area contributed by atoms with Crippen molar-refractivity contribution in [2.24, 2.45) is 0 Å². The largest absolute Gasteiger partial charge is 0.496 e. The van der Waals surface area contributed by atoms with Gasteiger partial charge in [0.25, 0.3) is 0 Å². The molecule has 0 bridgehead atoms. The van der Waals surface area contributed by atoms with Gasteiger partial charge in [-0.2, -0.15) is 0 Å². The Kier molecular flexibility index (Phi) is 7.87. The van der Waals surface area contributed by atoms with Gasteiger partial charge in [0.05, 0.1) is 19.9 Å². The third kappa shape index (κ3) is 6.01.